The lowest BCUT2D eigenvalue weighted by molar-refractivity contribution is -0.149. The lowest BCUT2D eigenvalue weighted by Gasteiger charge is -2.36. The summed E-state index contributed by atoms with van der Waals surface area (Å²) < 4.78 is 0. The van der Waals surface area contributed by atoms with Crippen LogP contribution in [-0.2, 0) is 102 Å². The van der Waals surface area contributed by atoms with Crippen molar-refractivity contribution in [3.05, 3.63) is 120 Å². The fraction of sp³-hybridized carbons (Fsp3) is 0.543. The molecule has 0 unspecified atom stereocenters. The van der Waals surface area contributed by atoms with E-state index in [0.29, 0.717) is 82.7 Å². The number of phenolic OH excluding ortho intramolecular Hbond substituents is 1. The van der Waals surface area contributed by atoms with Crippen LogP contribution in [0.5, 0.6) is 5.75 Å². The molecule has 22 N–H and O–H groups in total. The number of amides is 16. The quantitative estimate of drug-likeness (QED) is 0.0193. The smallest absolute Gasteiger partial charge is 0.245 e. The monoisotopic (exact) mass is 1880 g/mol. The van der Waals surface area contributed by atoms with Gasteiger partial charge in [-0.15, -0.1) is 11.8 Å². The molecule has 3 aromatic heterocycles. The molecule has 0 bridgehead atoms. The molecule has 6 heterocycles. The summed E-state index contributed by atoms with van der Waals surface area (Å²) in [6.45, 7) is 9.57. The molecule has 3 aliphatic rings. The van der Waals surface area contributed by atoms with Crippen LogP contribution in [0.1, 0.15) is 160 Å². The standard InChI is InChI=1S/C92H132N24O17S/c1-10-12-26-72-84(126)106-65(25-18-36-98-92(95)96)81(123)104-59(44-77(119)101-48-76(94)118)49-134-50-78(120)105-70(40-55-30-32-60(117)33-31-55)87(129)112(7)54(6)80(122)107-66(34-35-93)89(131)115-37-19-28-73(115)86(128)109-68(43-58-47-97-51-102-58)83(125)111-69(39-52(3)4)90(132)116-38-20-29-74(116)85(127)108-67(41-56-45-99-63-23-16-14-21-61(56)63)82(124)103-53(5)79(121)110-71(42-57-46-100-64-24-17-15-22-62(57)64)88(130)114(9)75(27-13-11-2)91(133)113(72)8/h14-17,21-24,30-33,45-47,51-54,59,65-75,99-100,117H,10-13,18-20,25-29,34-44,48-50,93H2,1-9H3,(H2,94,118)(H,97,102)(H,101,119)(H,103,124)(H,104,123)(H,105,120)(H,106,126)(H,107,122)(H,108,127)(H,109,128)(H,110,121)(H,111,125)(H4,95,96,98)/t53-,54-,59+,65-,66-,67-,68-,69-,70-,71-,72-,73-,74-,75-/m0/s1. The van der Waals surface area contributed by atoms with Gasteiger partial charge in [0.2, 0.25) is 94.5 Å². The van der Waals surface area contributed by atoms with Crippen LogP contribution in [0.2, 0.25) is 0 Å². The fourth-order valence-corrected chi connectivity index (χ4v) is 17.8. The van der Waals surface area contributed by atoms with E-state index in [2.05, 4.69) is 78.4 Å². The van der Waals surface area contributed by atoms with Crippen molar-refractivity contribution < 1.29 is 81.8 Å². The van der Waals surface area contributed by atoms with Crippen LogP contribution < -0.4 is 75.7 Å². The number of para-hydroxylation sites is 2. The zero-order chi connectivity index (χ0) is 97.6. The number of unbranched alkanes of at least 4 members (excludes halogenated alkanes) is 2. The third-order valence-corrected chi connectivity index (χ3v) is 25.6. The predicted molar refractivity (Wildman–Crippen MR) is 501 cm³/mol. The Morgan fingerprint density at radius 2 is 1.06 bits per heavy atom. The fourth-order valence-electron chi connectivity index (χ4n) is 16.9. The van der Waals surface area contributed by atoms with Gasteiger partial charge in [0, 0.05) is 125 Å². The number of aromatic amines is 3. The highest BCUT2D eigenvalue weighted by Crippen LogP contribution is 2.28. The van der Waals surface area contributed by atoms with Crippen LogP contribution in [0.3, 0.4) is 0 Å². The summed E-state index contributed by atoms with van der Waals surface area (Å²) in [5.41, 5.74) is 20.6. The maximum absolute atomic E-state index is 15.8. The molecule has 0 saturated carbocycles. The van der Waals surface area contributed by atoms with Gasteiger partial charge in [0.25, 0.3) is 0 Å². The first-order valence-corrected chi connectivity index (χ1v) is 47.0. The number of aromatic nitrogens is 4. The molecule has 3 fully saturated rings. The number of carbonyl (C=O) groups excluding carboxylic acids is 16. The second kappa shape index (κ2) is 50.6. The molecule has 6 aromatic rings. The Morgan fingerprint density at radius 3 is 1.63 bits per heavy atom. The van der Waals surface area contributed by atoms with Crippen LogP contribution in [0, 0.1) is 11.3 Å². The van der Waals surface area contributed by atoms with E-state index < -0.39 is 204 Å². The Kier molecular flexibility index (Phi) is 39.5. The Morgan fingerprint density at radius 1 is 0.537 bits per heavy atom. The van der Waals surface area contributed by atoms with E-state index in [0.717, 1.165) is 16.7 Å². The van der Waals surface area contributed by atoms with Crippen LogP contribution in [0.25, 0.3) is 21.8 Å². The highest BCUT2D eigenvalue weighted by molar-refractivity contribution is 8.00. The number of fused-ring (bicyclic) bond motifs is 4. The van der Waals surface area contributed by atoms with E-state index in [4.69, 9.17) is 22.6 Å². The third kappa shape index (κ3) is 29.4. The Hall–Kier alpha value is -13.2. The van der Waals surface area contributed by atoms with E-state index >= 15 is 43.2 Å². The van der Waals surface area contributed by atoms with Crippen molar-refractivity contribution in [2.45, 2.75) is 248 Å². The number of carbonyl (C=O) groups is 16. The second-order valence-corrected chi connectivity index (χ2v) is 36.1. The predicted octanol–water partition coefficient (Wildman–Crippen LogP) is -0.00853. The molecule has 3 saturated heterocycles. The minimum absolute atomic E-state index is 0.0245. The van der Waals surface area contributed by atoms with Gasteiger partial charge in [-0.3, -0.25) is 82.1 Å². The maximum Gasteiger partial charge on any atom is 0.245 e. The first-order valence-electron chi connectivity index (χ1n) is 45.9. The highest BCUT2D eigenvalue weighted by Gasteiger charge is 2.45. The molecule has 0 aliphatic carbocycles. The number of likely N-dealkylation sites (N-methyl/N-ethyl adjacent to an activating group) is 3. The van der Waals surface area contributed by atoms with E-state index in [9.17, 15) is 38.7 Å². The van der Waals surface area contributed by atoms with Gasteiger partial charge in [-0.1, -0.05) is 102 Å². The van der Waals surface area contributed by atoms with Crippen molar-refractivity contribution in [1.82, 2.24) is 103 Å². The molecule has 9 rings (SSSR count). The summed E-state index contributed by atoms with van der Waals surface area (Å²) in [6.07, 6.45) is 7.68. The van der Waals surface area contributed by atoms with Crippen molar-refractivity contribution in [3.8, 4) is 5.75 Å². The summed E-state index contributed by atoms with van der Waals surface area (Å²) in [4.78, 5) is 257. The molecule has 16 amide bonds. The summed E-state index contributed by atoms with van der Waals surface area (Å²) in [5.74, 6) is -13.9. The van der Waals surface area contributed by atoms with E-state index in [1.807, 2.05) is 64.1 Å². The van der Waals surface area contributed by atoms with Crippen LogP contribution >= 0.6 is 11.8 Å². The van der Waals surface area contributed by atoms with Crippen molar-refractivity contribution in [3.63, 3.8) is 0 Å². The number of hydrogen-bond donors (Lipinski definition) is 19. The Bertz CT molecular complexity index is 5110. The molecule has 14 atom stereocenters. The van der Waals surface area contributed by atoms with Crippen molar-refractivity contribution in [2.24, 2.45) is 23.1 Å². The molecule has 0 spiro atoms. The van der Waals surface area contributed by atoms with Crippen LogP contribution in [0.15, 0.2) is 97.7 Å². The number of H-pyrrole nitrogens is 3. The molecule has 134 heavy (non-hydrogen) atoms. The number of hydrogen-bond acceptors (Lipinski definition) is 21. The molecule has 41 nitrogen and oxygen atoms in total. The molecule has 0 radical (unpaired) electrons. The number of phenols is 1. The number of imidazole rings is 1. The zero-order valence-corrected chi connectivity index (χ0v) is 78.4. The number of thioether (sulfide) groups is 1. The van der Waals surface area contributed by atoms with Gasteiger partial charge in [-0.05, 0) is 131 Å². The average molecular weight is 1880 g/mol. The third-order valence-electron chi connectivity index (χ3n) is 24.5. The normalized spacial score (nSPS) is 24.3. The largest absolute Gasteiger partial charge is 0.508 e. The number of primary amides is 1. The maximum atomic E-state index is 15.8. The Balaban J connectivity index is 1.08. The molecule has 3 aromatic carbocycles. The zero-order valence-electron chi connectivity index (χ0n) is 77.6. The SMILES string of the molecule is CCCC[C@H]1C(=O)N(C)[C@@H](CCCC)C(=O)N[C@@H](CCCNC(=N)N)C(=O)N[C@H](CC(=O)NCC(N)=O)CSCC(=O)N[C@@H](Cc2ccc(O)cc2)C(=O)N(C)[C@@H](C)C(=O)N[C@@H](CCN)C(=O)N2CCC[C@H]2C(=O)N[C@@H](Cc2c[nH]cn2)C(=O)N[C@@H](CC(C)C)C(=O)N2CCC[C@H]2C(=O)N[C@@H](Cc2c[nH]c3ccccc23)C(=O)N[C@@H](C)C(=O)N[C@@H](Cc2c[nH]c3ccccc23)C(=O)N1C. The van der Waals surface area contributed by atoms with Gasteiger partial charge in [-0.25, -0.2) is 4.98 Å². The first kappa shape index (κ1) is 105. The van der Waals surface area contributed by atoms with Gasteiger partial charge in [-0.2, -0.15) is 0 Å². The van der Waals surface area contributed by atoms with Crippen molar-refractivity contribution in [2.75, 3.05) is 65.4 Å². The number of nitrogens with two attached hydrogens (primary N) is 3. The molecular formula is C92H132N24O17S. The summed E-state index contributed by atoms with van der Waals surface area (Å²) in [7, 11) is 4.12. The number of benzene rings is 3. The molecular weight excluding hydrogens is 1750 g/mol. The second-order valence-electron chi connectivity index (χ2n) is 35.1. The summed E-state index contributed by atoms with van der Waals surface area (Å²) in [6, 6.07) is 1.40. The van der Waals surface area contributed by atoms with E-state index in [-0.39, 0.29) is 121 Å². The molecule has 3 aliphatic heterocycles. The number of nitrogens with one attached hydrogen (secondary N) is 15. The van der Waals surface area contributed by atoms with Gasteiger partial charge >= 0.3 is 0 Å². The number of guanidine groups is 1. The topological polar surface area (TPSA) is 604 Å². The molecule has 42 heteroatoms. The van der Waals surface area contributed by atoms with Crippen LogP contribution in [-0.4, -0.2) is 300 Å². The van der Waals surface area contributed by atoms with Gasteiger partial charge in [0.05, 0.1) is 24.3 Å². The minimum Gasteiger partial charge on any atom is -0.508 e. The number of aromatic hydroxyl groups is 1. The van der Waals surface area contributed by atoms with E-state index in [1.165, 1.54) is 91.4 Å². The van der Waals surface area contributed by atoms with Crippen LogP contribution in [0.4, 0.5) is 0 Å². The van der Waals surface area contributed by atoms with Crippen molar-refractivity contribution in [1.29, 1.82) is 5.41 Å². The van der Waals surface area contributed by atoms with Crippen molar-refractivity contribution >= 4 is 134 Å². The lowest BCUT2D eigenvalue weighted by atomic mass is 10.00. The highest BCUT2D eigenvalue weighted by atomic mass is 32.2. The first-order chi connectivity index (χ1) is 64.0. The average Bonchev–Trinajstić information content (AvgIpc) is 1.53. The molecule has 728 valence electrons. The summed E-state index contributed by atoms with van der Waals surface area (Å²) >= 11 is 0.912. The van der Waals surface area contributed by atoms with Gasteiger partial charge < -0.3 is 120 Å². The number of rotatable bonds is 26. The van der Waals surface area contributed by atoms with Gasteiger partial charge in [0.15, 0.2) is 5.96 Å². The Labute approximate surface area is 782 Å². The van der Waals surface area contributed by atoms with E-state index in [1.54, 1.807) is 24.5 Å². The van der Waals surface area contributed by atoms with Gasteiger partial charge in [0.1, 0.15) is 84.3 Å². The lowest BCUT2D eigenvalue weighted by Crippen LogP contribution is -2.61. The number of nitrogens with zero attached hydrogens (tertiary/aromatic N) is 6. The summed E-state index contributed by atoms with van der Waals surface area (Å²) in [5, 5.41) is 50.0. The minimum atomic E-state index is -1.46.